The van der Waals surface area contributed by atoms with E-state index in [0.29, 0.717) is 28.4 Å². The van der Waals surface area contributed by atoms with Gasteiger partial charge in [0.15, 0.2) is 5.13 Å². The Morgan fingerprint density at radius 2 is 1.94 bits per heavy atom. The van der Waals surface area contributed by atoms with Crippen molar-refractivity contribution in [2.75, 3.05) is 5.32 Å². The highest BCUT2D eigenvalue weighted by molar-refractivity contribution is 7.22. The molecular weight excluding hydrogens is 407 g/mol. The number of allylic oxidation sites excluding steroid dienone is 4. The van der Waals surface area contributed by atoms with Gasteiger partial charge in [-0.25, -0.2) is 9.37 Å². The number of rotatable bonds is 3. The number of hydrogen-bond donors (Lipinski definition) is 1. The lowest BCUT2D eigenvalue weighted by Crippen LogP contribution is -2.54. The largest absolute Gasteiger partial charge is 0.301 e. The van der Waals surface area contributed by atoms with Crippen LogP contribution < -0.4 is 5.32 Å². The Morgan fingerprint density at radius 3 is 2.74 bits per heavy atom. The lowest BCUT2D eigenvalue weighted by Gasteiger charge is -2.58. The van der Waals surface area contributed by atoms with Gasteiger partial charge < -0.3 is 5.32 Å². The first-order chi connectivity index (χ1) is 15.1. The zero-order valence-corrected chi connectivity index (χ0v) is 18.0. The highest BCUT2D eigenvalue weighted by Gasteiger charge is 2.59. The molecule has 0 radical (unpaired) electrons. The third-order valence-electron chi connectivity index (χ3n) is 7.64. The summed E-state index contributed by atoms with van der Waals surface area (Å²) in [5.74, 6) is 1.000. The third kappa shape index (κ3) is 2.69. The maximum atomic E-state index is 13.9. The van der Waals surface area contributed by atoms with E-state index in [1.165, 1.54) is 34.6 Å². The van der Waals surface area contributed by atoms with Crippen LogP contribution in [0.3, 0.4) is 0 Å². The molecule has 2 bridgehead atoms. The van der Waals surface area contributed by atoms with Gasteiger partial charge in [-0.3, -0.25) is 4.79 Å². The summed E-state index contributed by atoms with van der Waals surface area (Å²) in [6, 6.07) is 13.2. The van der Waals surface area contributed by atoms with Gasteiger partial charge in [-0.1, -0.05) is 66.8 Å². The van der Waals surface area contributed by atoms with Crippen LogP contribution in [0, 0.1) is 23.1 Å². The van der Waals surface area contributed by atoms with Crippen LogP contribution in [0.5, 0.6) is 0 Å². The second kappa shape index (κ2) is 6.86. The Kier molecular flexibility index (Phi) is 4.19. The molecule has 1 amide bonds. The van der Waals surface area contributed by atoms with Crippen molar-refractivity contribution in [3.63, 3.8) is 0 Å². The number of thiazole rings is 1. The molecule has 31 heavy (non-hydrogen) atoms. The Bertz CT molecular complexity index is 1260. The fourth-order valence-electron chi connectivity index (χ4n) is 6.29. The number of carbonyl (C=O) groups excluding carboxylic acids is 1. The van der Waals surface area contributed by atoms with E-state index in [0.717, 1.165) is 17.5 Å². The van der Waals surface area contributed by atoms with Crippen LogP contribution in [0.15, 0.2) is 66.8 Å². The predicted octanol–water partition coefficient (Wildman–Crippen LogP) is 6.41. The van der Waals surface area contributed by atoms with Crippen molar-refractivity contribution in [3.8, 4) is 0 Å². The number of nitrogens with one attached hydrogen (secondary N) is 1. The quantitative estimate of drug-likeness (QED) is 0.521. The molecule has 3 nitrogen and oxygen atoms in total. The van der Waals surface area contributed by atoms with Crippen molar-refractivity contribution < 1.29 is 9.18 Å². The molecule has 5 unspecified atom stereocenters. The SMILES string of the molecule is CCC1(C(=O)Nc2nc3ccc(F)cc3s2)CC2c3ccccc3C1C1C=CC=CC21. The van der Waals surface area contributed by atoms with E-state index in [2.05, 4.69) is 65.8 Å². The fraction of sp³-hybridized carbons (Fsp3) is 0.308. The Labute approximate surface area is 184 Å². The summed E-state index contributed by atoms with van der Waals surface area (Å²) in [5, 5.41) is 3.67. The van der Waals surface area contributed by atoms with Gasteiger partial charge in [0.25, 0.3) is 0 Å². The molecule has 0 spiro atoms. The van der Waals surface area contributed by atoms with E-state index in [1.54, 1.807) is 6.07 Å². The van der Waals surface area contributed by atoms with E-state index in [9.17, 15) is 9.18 Å². The lowest BCUT2D eigenvalue weighted by molar-refractivity contribution is -0.132. The number of carbonyl (C=O) groups is 1. The molecule has 0 aliphatic heterocycles. The van der Waals surface area contributed by atoms with Crippen molar-refractivity contribution in [2.24, 2.45) is 17.3 Å². The molecule has 5 atom stereocenters. The molecule has 1 heterocycles. The first-order valence-electron chi connectivity index (χ1n) is 10.9. The molecule has 4 aliphatic carbocycles. The summed E-state index contributed by atoms with van der Waals surface area (Å²) in [5.41, 5.74) is 2.95. The van der Waals surface area contributed by atoms with E-state index in [1.807, 2.05) is 0 Å². The molecule has 4 aliphatic rings. The first-order valence-corrected chi connectivity index (χ1v) is 11.7. The lowest BCUT2D eigenvalue weighted by atomic mass is 9.45. The summed E-state index contributed by atoms with van der Waals surface area (Å²) in [7, 11) is 0. The second-order valence-corrected chi connectivity index (χ2v) is 9.97. The van der Waals surface area contributed by atoms with Crippen LogP contribution in [0.2, 0.25) is 0 Å². The van der Waals surface area contributed by atoms with Crippen LogP contribution in [0.4, 0.5) is 9.52 Å². The zero-order chi connectivity index (χ0) is 21.2. The van der Waals surface area contributed by atoms with Crippen LogP contribution in [-0.4, -0.2) is 10.9 Å². The van der Waals surface area contributed by atoms with Gasteiger partial charge in [-0.15, -0.1) is 0 Å². The van der Waals surface area contributed by atoms with E-state index < -0.39 is 5.41 Å². The van der Waals surface area contributed by atoms with Crippen molar-refractivity contribution in [1.82, 2.24) is 4.98 Å². The molecule has 156 valence electrons. The summed E-state index contributed by atoms with van der Waals surface area (Å²) < 4.78 is 14.3. The van der Waals surface area contributed by atoms with E-state index >= 15 is 0 Å². The number of halogens is 1. The number of fused-ring (bicyclic) bond motifs is 2. The first kappa shape index (κ1) is 18.9. The van der Waals surface area contributed by atoms with Gasteiger partial charge in [0.05, 0.1) is 15.6 Å². The number of benzene rings is 2. The standard InChI is InChI=1S/C26H23FN2OS/c1-2-26(24(30)29-25-28-21-12-11-15(27)13-22(21)31-25)14-20-16-7-3-5-9-18(16)23(26)19-10-6-4-8-17(19)20/h3-13,16,18,20,23H,2,14H2,1H3,(H,28,29,30). The van der Waals surface area contributed by atoms with E-state index in [4.69, 9.17) is 0 Å². The van der Waals surface area contributed by atoms with Crippen LogP contribution in [0.25, 0.3) is 10.2 Å². The van der Waals surface area contributed by atoms with Crippen molar-refractivity contribution >= 4 is 32.6 Å². The predicted molar refractivity (Wildman–Crippen MR) is 123 cm³/mol. The van der Waals surface area contributed by atoms with Gasteiger partial charge in [0.1, 0.15) is 5.82 Å². The Morgan fingerprint density at radius 1 is 1.16 bits per heavy atom. The minimum atomic E-state index is -0.487. The minimum Gasteiger partial charge on any atom is -0.301 e. The van der Waals surface area contributed by atoms with Gasteiger partial charge in [0, 0.05) is 5.92 Å². The maximum Gasteiger partial charge on any atom is 0.233 e. The highest BCUT2D eigenvalue weighted by atomic mass is 32.1. The van der Waals surface area contributed by atoms with Crippen molar-refractivity contribution in [1.29, 1.82) is 0 Å². The molecule has 3 aromatic rings. The zero-order valence-electron chi connectivity index (χ0n) is 17.2. The van der Waals surface area contributed by atoms with E-state index in [-0.39, 0.29) is 17.6 Å². The molecular formula is C26H23FN2OS. The van der Waals surface area contributed by atoms with Gasteiger partial charge in [-0.05, 0) is 59.9 Å². The normalized spacial score (nSPS) is 30.3. The van der Waals surface area contributed by atoms with Crippen LogP contribution in [-0.2, 0) is 4.79 Å². The second-order valence-electron chi connectivity index (χ2n) is 8.94. The van der Waals surface area contributed by atoms with Crippen molar-refractivity contribution in [3.05, 3.63) is 83.7 Å². The summed E-state index contributed by atoms with van der Waals surface area (Å²) in [4.78, 5) is 18.4. The molecule has 0 saturated heterocycles. The Hall–Kier alpha value is -2.79. The number of anilines is 1. The summed E-state index contributed by atoms with van der Waals surface area (Å²) >= 11 is 1.33. The monoisotopic (exact) mass is 430 g/mol. The molecule has 1 saturated carbocycles. The summed E-state index contributed by atoms with van der Waals surface area (Å²) in [6.07, 6.45) is 10.5. The number of aromatic nitrogens is 1. The smallest absolute Gasteiger partial charge is 0.233 e. The molecule has 1 aromatic heterocycles. The maximum absolute atomic E-state index is 13.9. The number of amides is 1. The number of hydrogen-bond acceptors (Lipinski definition) is 3. The number of nitrogens with zero attached hydrogens (tertiary/aromatic N) is 1. The molecule has 5 heteroatoms. The highest BCUT2D eigenvalue weighted by Crippen LogP contribution is 2.65. The average molecular weight is 431 g/mol. The van der Waals surface area contributed by atoms with Crippen LogP contribution in [0.1, 0.15) is 42.7 Å². The molecule has 1 N–H and O–H groups in total. The molecule has 2 aromatic carbocycles. The molecule has 7 rings (SSSR count). The Balaban J connectivity index is 1.42. The molecule has 1 fully saturated rings. The minimum absolute atomic E-state index is 0.0421. The average Bonchev–Trinajstić information content (AvgIpc) is 3.20. The van der Waals surface area contributed by atoms with Gasteiger partial charge >= 0.3 is 0 Å². The van der Waals surface area contributed by atoms with Crippen molar-refractivity contribution in [2.45, 2.75) is 31.6 Å². The van der Waals surface area contributed by atoms with Gasteiger partial charge in [0.2, 0.25) is 5.91 Å². The topological polar surface area (TPSA) is 42.0 Å². The fourth-order valence-corrected chi connectivity index (χ4v) is 7.17. The van der Waals surface area contributed by atoms with Gasteiger partial charge in [-0.2, -0.15) is 0 Å². The third-order valence-corrected chi connectivity index (χ3v) is 8.57. The summed E-state index contributed by atoms with van der Waals surface area (Å²) in [6.45, 7) is 2.13. The van der Waals surface area contributed by atoms with Crippen LogP contribution >= 0.6 is 11.3 Å².